The highest BCUT2D eigenvalue weighted by molar-refractivity contribution is 6.30. The molecule has 4 heteroatoms. The van der Waals surface area contributed by atoms with Gasteiger partial charge >= 0.3 is 5.97 Å². The molecule has 3 fully saturated rings. The maximum atomic E-state index is 13.6. The van der Waals surface area contributed by atoms with Crippen LogP contribution >= 0.6 is 11.6 Å². The number of hydrogen-bond acceptors (Lipinski definition) is 2. The lowest BCUT2D eigenvalue weighted by molar-refractivity contribution is -0.140. The summed E-state index contributed by atoms with van der Waals surface area (Å²) in [4.78, 5) is 12.6. The van der Waals surface area contributed by atoms with Crippen molar-refractivity contribution in [1.82, 2.24) is 0 Å². The molecule has 0 aliphatic heterocycles. The van der Waals surface area contributed by atoms with Crippen LogP contribution in [-0.2, 0) is 4.79 Å². The minimum Gasteiger partial charge on any atom is -0.426 e. The summed E-state index contributed by atoms with van der Waals surface area (Å²) in [6.45, 7) is 2.12. The summed E-state index contributed by atoms with van der Waals surface area (Å²) in [5.41, 5.74) is 0. The van der Waals surface area contributed by atoms with Crippen LogP contribution in [0.1, 0.15) is 84.0 Å². The fraction of sp³-hybridized carbons (Fsp3) is 0.679. The largest absolute Gasteiger partial charge is 0.426 e. The number of rotatable bonds is 6. The van der Waals surface area contributed by atoms with Crippen molar-refractivity contribution in [3.05, 3.63) is 41.2 Å². The third-order valence-corrected chi connectivity index (χ3v) is 8.93. The topological polar surface area (TPSA) is 26.3 Å². The van der Waals surface area contributed by atoms with Gasteiger partial charge in [-0.25, -0.2) is 4.39 Å². The third-order valence-electron chi connectivity index (χ3n) is 8.62. The monoisotopic (exact) mass is 460 g/mol. The Morgan fingerprint density at radius 1 is 1.00 bits per heavy atom. The fourth-order valence-corrected chi connectivity index (χ4v) is 6.90. The second-order valence-corrected chi connectivity index (χ2v) is 10.9. The van der Waals surface area contributed by atoms with E-state index in [9.17, 15) is 9.18 Å². The summed E-state index contributed by atoms with van der Waals surface area (Å²) in [6, 6.07) is 4.19. The van der Waals surface area contributed by atoms with E-state index in [1.165, 1.54) is 63.5 Å². The fourth-order valence-electron chi connectivity index (χ4n) is 6.78. The standard InChI is InChI=1S/C28H38ClFO2/c1-2-3-4-5-19-6-7-24-17-23(13-12-22(24)16-19)20-8-10-21(11-9-20)28(31)32-25-14-15-26(29)27(30)18-25/h2-3,14-15,18-24H,4-13,16-17H2,1H3/b3-2+. The molecule has 1 aromatic carbocycles. The van der Waals surface area contributed by atoms with Gasteiger partial charge in [-0.2, -0.15) is 0 Å². The Morgan fingerprint density at radius 2 is 1.66 bits per heavy atom. The van der Waals surface area contributed by atoms with Crippen LogP contribution in [0.3, 0.4) is 0 Å². The first-order chi connectivity index (χ1) is 15.5. The summed E-state index contributed by atoms with van der Waals surface area (Å²) in [5.74, 6) is 3.87. The average molecular weight is 461 g/mol. The molecule has 4 unspecified atom stereocenters. The predicted octanol–water partition coefficient (Wildman–Crippen LogP) is 8.38. The number of benzene rings is 1. The van der Waals surface area contributed by atoms with E-state index < -0.39 is 5.82 Å². The molecular weight excluding hydrogens is 423 g/mol. The first-order valence-corrected chi connectivity index (χ1v) is 13.2. The van der Waals surface area contributed by atoms with Crippen molar-refractivity contribution in [2.24, 2.45) is 35.5 Å². The zero-order chi connectivity index (χ0) is 22.5. The average Bonchev–Trinajstić information content (AvgIpc) is 2.81. The van der Waals surface area contributed by atoms with Gasteiger partial charge in [0.25, 0.3) is 0 Å². The summed E-state index contributed by atoms with van der Waals surface area (Å²) >= 11 is 5.71. The van der Waals surface area contributed by atoms with Crippen molar-refractivity contribution >= 4 is 17.6 Å². The van der Waals surface area contributed by atoms with Crippen molar-refractivity contribution in [3.63, 3.8) is 0 Å². The Balaban J connectivity index is 1.21. The zero-order valence-electron chi connectivity index (χ0n) is 19.4. The first kappa shape index (κ1) is 23.8. The van der Waals surface area contributed by atoms with Crippen LogP contribution in [0.5, 0.6) is 5.75 Å². The number of fused-ring (bicyclic) bond motifs is 1. The number of carbonyl (C=O) groups excluding carboxylic acids is 1. The molecule has 3 aliphatic carbocycles. The molecule has 0 saturated heterocycles. The quantitative estimate of drug-likeness (QED) is 0.242. The Hall–Kier alpha value is -1.35. The van der Waals surface area contributed by atoms with E-state index in [0.29, 0.717) is 0 Å². The second kappa shape index (κ2) is 11.2. The smallest absolute Gasteiger partial charge is 0.314 e. The molecule has 0 heterocycles. The molecule has 3 saturated carbocycles. The van der Waals surface area contributed by atoms with E-state index in [4.69, 9.17) is 16.3 Å². The molecule has 0 amide bonds. The lowest BCUT2D eigenvalue weighted by Crippen LogP contribution is -2.35. The maximum absolute atomic E-state index is 13.6. The van der Waals surface area contributed by atoms with Gasteiger partial charge in [0.05, 0.1) is 10.9 Å². The number of esters is 1. The van der Waals surface area contributed by atoms with Crippen LogP contribution in [0, 0.1) is 41.3 Å². The Kier molecular flexibility index (Phi) is 8.32. The van der Waals surface area contributed by atoms with Crippen LogP contribution in [0.4, 0.5) is 4.39 Å². The number of halogens is 2. The van der Waals surface area contributed by atoms with Crippen molar-refractivity contribution < 1.29 is 13.9 Å². The lowest BCUT2D eigenvalue weighted by Gasteiger charge is -2.45. The van der Waals surface area contributed by atoms with Gasteiger partial charge in [0.2, 0.25) is 0 Å². The molecule has 0 radical (unpaired) electrons. The Labute approximate surface area is 197 Å². The molecule has 32 heavy (non-hydrogen) atoms. The van der Waals surface area contributed by atoms with E-state index in [0.717, 1.165) is 55.3 Å². The van der Waals surface area contributed by atoms with Crippen molar-refractivity contribution in [1.29, 1.82) is 0 Å². The number of hydrogen-bond donors (Lipinski definition) is 0. The summed E-state index contributed by atoms with van der Waals surface area (Å²) < 4.78 is 19.1. The van der Waals surface area contributed by atoms with Crippen molar-refractivity contribution in [2.45, 2.75) is 84.0 Å². The van der Waals surface area contributed by atoms with Crippen molar-refractivity contribution in [2.75, 3.05) is 0 Å². The van der Waals surface area contributed by atoms with Gasteiger partial charge in [-0.1, -0.05) is 30.2 Å². The molecule has 2 nitrogen and oxygen atoms in total. The molecule has 1 aromatic rings. The number of carbonyl (C=O) groups is 1. The molecule has 0 spiro atoms. The zero-order valence-corrected chi connectivity index (χ0v) is 20.2. The van der Waals surface area contributed by atoms with Crippen LogP contribution in [-0.4, -0.2) is 5.97 Å². The van der Waals surface area contributed by atoms with Crippen molar-refractivity contribution in [3.8, 4) is 5.75 Å². The van der Waals surface area contributed by atoms with Crippen LogP contribution < -0.4 is 4.74 Å². The first-order valence-electron chi connectivity index (χ1n) is 12.8. The van der Waals surface area contributed by atoms with E-state index in [2.05, 4.69) is 19.1 Å². The molecule has 0 N–H and O–H groups in total. The van der Waals surface area contributed by atoms with Gasteiger partial charge in [-0.3, -0.25) is 4.79 Å². The summed E-state index contributed by atoms with van der Waals surface area (Å²) in [7, 11) is 0. The summed E-state index contributed by atoms with van der Waals surface area (Å²) in [6.07, 6.45) is 19.7. The van der Waals surface area contributed by atoms with E-state index in [1.807, 2.05) is 0 Å². The lowest BCUT2D eigenvalue weighted by atomic mass is 9.60. The summed E-state index contributed by atoms with van der Waals surface area (Å²) in [5, 5.41) is 0.0437. The van der Waals surface area contributed by atoms with Gasteiger partial charge in [-0.15, -0.1) is 0 Å². The van der Waals surface area contributed by atoms with E-state index >= 15 is 0 Å². The molecule has 4 rings (SSSR count). The normalized spacial score (nSPS) is 33.1. The third kappa shape index (κ3) is 5.95. The van der Waals surface area contributed by atoms with E-state index in [-0.39, 0.29) is 22.7 Å². The predicted molar refractivity (Wildman–Crippen MR) is 128 cm³/mol. The molecule has 3 aliphatic rings. The van der Waals surface area contributed by atoms with Gasteiger partial charge in [0, 0.05) is 6.07 Å². The molecule has 0 bridgehead atoms. The van der Waals surface area contributed by atoms with Gasteiger partial charge in [0.15, 0.2) is 0 Å². The van der Waals surface area contributed by atoms with Gasteiger partial charge < -0.3 is 4.74 Å². The minimum atomic E-state index is -0.553. The maximum Gasteiger partial charge on any atom is 0.314 e. The second-order valence-electron chi connectivity index (χ2n) is 10.5. The van der Waals surface area contributed by atoms with Gasteiger partial charge in [-0.05, 0) is 119 Å². The number of ether oxygens (including phenoxy) is 1. The Bertz CT molecular complexity index is 799. The molecule has 176 valence electrons. The highest BCUT2D eigenvalue weighted by Crippen LogP contribution is 2.49. The Morgan fingerprint density at radius 3 is 2.38 bits per heavy atom. The van der Waals surface area contributed by atoms with Crippen LogP contribution in [0.2, 0.25) is 5.02 Å². The number of allylic oxidation sites excluding steroid dienone is 2. The van der Waals surface area contributed by atoms with Crippen LogP contribution in [0.25, 0.3) is 0 Å². The molecular formula is C28H38ClFO2. The molecule has 0 aromatic heterocycles. The van der Waals surface area contributed by atoms with E-state index in [1.54, 1.807) is 6.07 Å². The highest BCUT2D eigenvalue weighted by Gasteiger charge is 2.39. The highest BCUT2D eigenvalue weighted by atomic mass is 35.5. The molecule has 4 atom stereocenters. The minimum absolute atomic E-state index is 0.0437. The van der Waals surface area contributed by atoms with Gasteiger partial charge in [0.1, 0.15) is 11.6 Å². The van der Waals surface area contributed by atoms with Crippen LogP contribution in [0.15, 0.2) is 30.4 Å². The SMILES string of the molecule is C/C=C/CCC1CCC2CC(C3CCC(C(=O)Oc4ccc(Cl)c(F)c4)CC3)CCC2C1.